The number of ether oxygens (including phenoxy) is 2. The zero-order valence-electron chi connectivity index (χ0n) is 25.2. The molecule has 0 bridgehead atoms. The molecule has 0 aromatic heterocycles. The van der Waals surface area contributed by atoms with Crippen molar-refractivity contribution in [1.82, 2.24) is 4.90 Å². The van der Waals surface area contributed by atoms with Crippen LogP contribution in [0.2, 0.25) is 0 Å². The Morgan fingerprint density at radius 2 is 1.49 bits per heavy atom. The number of rotatable bonds is 8. The normalized spacial score (nSPS) is 20.2. The molecule has 218 valence electrons. The van der Waals surface area contributed by atoms with Gasteiger partial charge in [0.05, 0.1) is 17.3 Å². The highest BCUT2D eigenvalue weighted by atomic mass is 127. The van der Waals surface area contributed by atoms with Crippen molar-refractivity contribution in [1.29, 1.82) is 0 Å². The lowest BCUT2D eigenvalue weighted by atomic mass is 9.63. The standard InChI is InChI=1S/C35H42INO4/c1-7-15-41-33-24(36)16-23(17-29(33)40-6)30-31-25(18-34(2,3)20-27(31)38)37(14-13-22-11-9-8-10-12-22)26-19-35(4,5)21-28(39)32(26)30/h8-12,16-17,30H,7,13-15,18-21H2,1-6H3. The number of halogens is 1. The second-order valence-electron chi connectivity index (χ2n) is 13.3. The van der Waals surface area contributed by atoms with E-state index < -0.39 is 5.92 Å². The number of benzene rings is 2. The highest BCUT2D eigenvalue weighted by Gasteiger charge is 2.49. The largest absolute Gasteiger partial charge is 0.493 e. The van der Waals surface area contributed by atoms with Crippen LogP contribution in [0.1, 0.15) is 83.8 Å². The molecule has 2 aromatic rings. The van der Waals surface area contributed by atoms with Gasteiger partial charge in [-0.25, -0.2) is 0 Å². The molecule has 0 fully saturated rings. The molecule has 5 rings (SSSR count). The smallest absolute Gasteiger partial charge is 0.174 e. The van der Waals surface area contributed by atoms with Gasteiger partial charge in [0.25, 0.3) is 0 Å². The molecular weight excluding hydrogens is 625 g/mol. The molecular formula is C35H42INO4. The van der Waals surface area contributed by atoms with Gasteiger partial charge in [0, 0.05) is 47.8 Å². The van der Waals surface area contributed by atoms with Gasteiger partial charge in [-0.3, -0.25) is 9.59 Å². The molecule has 3 aliphatic rings. The highest BCUT2D eigenvalue weighted by Crippen LogP contribution is 2.55. The second-order valence-corrected chi connectivity index (χ2v) is 14.5. The van der Waals surface area contributed by atoms with Crippen LogP contribution in [-0.2, 0) is 16.0 Å². The van der Waals surface area contributed by atoms with E-state index in [0.717, 1.165) is 69.7 Å². The number of carbonyl (C=O) groups excluding carboxylic acids is 2. The maximum absolute atomic E-state index is 14.1. The molecule has 41 heavy (non-hydrogen) atoms. The first-order valence-electron chi connectivity index (χ1n) is 14.8. The first kappa shape index (κ1) is 29.9. The Labute approximate surface area is 258 Å². The van der Waals surface area contributed by atoms with Gasteiger partial charge in [-0.05, 0) is 82.4 Å². The predicted molar refractivity (Wildman–Crippen MR) is 171 cm³/mol. The summed E-state index contributed by atoms with van der Waals surface area (Å²) in [6.07, 6.45) is 4.29. The van der Waals surface area contributed by atoms with Crippen LogP contribution in [0.4, 0.5) is 0 Å². The molecule has 2 aliphatic carbocycles. The number of carbonyl (C=O) groups is 2. The molecule has 0 radical (unpaired) electrons. The van der Waals surface area contributed by atoms with Crippen molar-refractivity contribution in [2.24, 2.45) is 10.8 Å². The second kappa shape index (κ2) is 11.6. The fraction of sp³-hybridized carbons (Fsp3) is 0.486. The van der Waals surface area contributed by atoms with E-state index in [0.29, 0.717) is 25.2 Å². The summed E-state index contributed by atoms with van der Waals surface area (Å²) in [5.74, 6) is 1.26. The first-order valence-corrected chi connectivity index (χ1v) is 15.9. The molecule has 0 saturated heterocycles. The average Bonchev–Trinajstić information content (AvgIpc) is 2.89. The van der Waals surface area contributed by atoms with Crippen LogP contribution in [0, 0.1) is 14.4 Å². The van der Waals surface area contributed by atoms with Crippen molar-refractivity contribution >= 4 is 34.2 Å². The quantitative estimate of drug-likeness (QED) is 0.267. The molecule has 0 saturated carbocycles. The van der Waals surface area contributed by atoms with E-state index >= 15 is 0 Å². The van der Waals surface area contributed by atoms with Crippen molar-refractivity contribution in [2.45, 2.75) is 79.1 Å². The van der Waals surface area contributed by atoms with Gasteiger partial charge < -0.3 is 14.4 Å². The SMILES string of the molecule is CCCOc1c(I)cc(C2C3=C(CC(C)(C)CC3=O)N(CCc3ccccc3)C3=C2C(=O)CC(C)(C)C3)cc1OC. The Kier molecular flexibility index (Phi) is 8.44. The van der Waals surface area contributed by atoms with Gasteiger partial charge in [-0.2, -0.15) is 0 Å². The van der Waals surface area contributed by atoms with Crippen molar-refractivity contribution in [3.8, 4) is 11.5 Å². The molecule has 0 unspecified atom stereocenters. The lowest BCUT2D eigenvalue weighted by Crippen LogP contribution is -2.45. The van der Waals surface area contributed by atoms with Crippen LogP contribution in [-0.4, -0.2) is 36.7 Å². The van der Waals surface area contributed by atoms with Crippen molar-refractivity contribution in [3.63, 3.8) is 0 Å². The predicted octanol–water partition coefficient (Wildman–Crippen LogP) is 8.02. The summed E-state index contributed by atoms with van der Waals surface area (Å²) in [7, 11) is 1.65. The average molecular weight is 668 g/mol. The van der Waals surface area contributed by atoms with Crippen LogP contribution < -0.4 is 9.47 Å². The monoisotopic (exact) mass is 667 g/mol. The molecule has 0 spiro atoms. The van der Waals surface area contributed by atoms with E-state index in [4.69, 9.17) is 9.47 Å². The number of hydrogen-bond donors (Lipinski definition) is 0. The third-order valence-corrected chi connectivity index (χ3v) is 9.33. The van der Waals surface area contributed by atoms with Crippen LogP contribution in [0.25, 0.3) is 0 Å². The number of allylic oxidation sites excluding steroid dienone is 4. The maximum Gasteiger partial charge on any atom is 0.174 e. The summed E-state index contributed by atoms with van der Waals surface area (Å²) in [5.41, 5.74) is 5.66. The molecule has 1 aliphatic heterocycles. The number of Topliss-reactive ketones (excluding diaryl/α,β-unsaturated/α-hetero) is 2. The van der Waals surface area contributed by atoms with E-state index in [9.17, 15) is 9.59 Å². The van der Waals surface area contributed by atoms with Gasteiger partial charge >= 0.3 is 0 Å². The van der Waals surface area contributed by atoms with Gasteiger partial charge in [-0.1, -0.05) is 65.0 Å². The van der Waals surface area contributed by atoms with E-state index in [2.05, 4.69) is 92.4 Å². The lowest BCUT2D eigenvalue weighted by Gasteiger charge is -2.49. The summed E-state index contributed by atoms with van der Waals surface area (Å²) < 4.78 is 12.8. The van der Waals surface area contributed by atoms with Crippen LogP contribution in [0.15, 0.2) is 65.0 Å². The summed E-state index contributed by atoms with van der Waals surface area (Å²) in [4.78, 5) is 30.6. The minimum absolute atomic E-state index is 0.149. The van der Waals surface area contributed by atoms with E-state index in [1.54, 1.807) is 7.11 Å². The summed E-state index contributed by atoms with van der Waals surface area (Å²) >= 11 is 2.29. The number of ketones is 2. The molecule has 0 amide bonds. The number of methoxy groups -OCH3 is 1. The molecule has 1 heterocycles. The van der Waals surface area contributed by atoms with E-state index in [1.807, 2.05) is 12.1 Å². The van der Waals surface area contributed by atoms with Crippen molar-refractivity contribution in [2.75, 3.05) is 20.3 Å². The zero-order chi connectivity index (χ0) is 29.5. The first-order chi connectivity index (χ1) is 19.4. The Morgan fingerprint density at radius 3 is 2.02 bits per heavy atom. The molecule has 0 atom stereocenters. The van der Waals surface area contributed by atoms with Gasteiger partial charge in [0.2, 0.25) is 0 Å². The molecule has 5 nitrogen and oxygen atoms in total. The van der Waals surface area contributed by atoms with Crippen LogP contribution in [0.3, 0.4) is 0 Å². The maximum atomic E-state index is 14.1. The Bertz CT molecular complexity index is 1370. The van der Waals surface area contributed by atoms with Gasteiger partial charge in [0.15, 0.2) is 23.1 Å². The summed E-state index contributed by atoms with van der Waals surface area (Å²) in [5, 5.41) is 0. The third kappa shape index (κ3) is 5.99. The van der Waals surface area contributed by atoms with E-state index in [1.165, 1.54) is 5.56 Å². The van der Waals surface area contributed by atoms with Gasteiger partial charge in [-0.15, -0.1) is 0 Å². The summed E-state index contributed by atoms with van der Waals surface area (Å²) in [6.45, 7) is 12.2. The van der Waals surface area contributed by atoms with Crippen LogP contribution >= 0.6 is 22.6 Å². The zero-order valence-corrected chi connectivity index (χ0v) is 27.4. The Morgan fingerprint density at radius 1 is 0.902 bits per heavy atom. The fourth-order valence-corrected chi connectivity index (χ4v) is 7.57. The minimum atomic E-state index is -0.400. The molecule has 6 heteroatoms. The van der Waals surface area contributed by atoms with E-state index in [-0.39, 0.29) is 22.4 Å². The van der Waals surface area contributed by atoms with Crippen molar-refractivity contribution < 1.29 is 19.1 Å². The Balaban J connectivity index is 1.71. The summed E-state index contributed by atoms with van der Waals surface area (Å²) in [6, 6.07) is 14.6. The molecule has 0 N–H and O–H groups in total. The third-order valence-electron chi connectivity index (χ3n) is 8.52. The Hall–Kier alpha value is -2.61. The fourth-order valence-electron chi connectivity index (χ4n) is 6.79. The minimum Gasteiger partial charge on any atom is -0.493 e. The number of nitrogens with zero attached hydrogens (tertiary/aromatic N) is 1. The highest BCUT2D eigenvalue weighted by molar-refractivity contribution is 14.1. The van der Waals surface area contributed by atoms with Gasteiger partial charge in [0.1, 0.15) is 0 Å². The number of hydrogen-bond acceptors (Lipinski definition) is 5. The van der Waals surface area contributed by atoms with Crippen molar-refractivity contribution in [3.05, 3.63) is 79.7 Å². The lowest BCUT2D eigenvalue weighted by molar-refractivity contribution is -0.119. The van der Waals surface area contributed by atoms with Crippen LogP contribution in [0.5, 0.6) is 11.5 Å². The topological polar surface area (TPSA) is 55.8 Å². The molecule has 2 aromatic carbocycles.